The van der Waals surface area contributed by atoms with Gasteiger partial charge in [0.1, 0.15) is 5.75 Å². The first-order valence-corrected chi connectivity index (χ1v) is 8.38. The average molecular weight is 328 g/mol. The number of benzene rings is 1. The molecule has 1 aliphatic carbocycles. The Morgan fingerprint density at radius 2 is 2.04 bits per heavy atom. The summed E-state index contributed by atoms with van der Waals surface area (Å²) in [6, 6.07) is 5.45. The summed E-state index contributed by atoms with van der Waals surface area (Å²) in [4.78, 5) is 13.8. The number of carbonyl (C=O) groups excluding carboxylic acids is 1. The molecule has 0 radical (unpaired) electrons. The summed E-state index contributed by atoms with van der Waals surface area (Å²) in [5.41, 5.74) is 2.72. The lowest BCUT2D eigenvalue weighted by atomic mass is 9.88. The lowest BCUT2D eigenvalue weighted by Crippen LogP contribution is -2.13. The molecule has 0 spiro atoms. The fraction of sp³-hybridized carbons (Fsp3) is 0.278. The molecule has 1 aromatic carbocycles. The van der Waals surface area contributed by atoms with Crippen LogP contribution in [0.15, 0.2) is 29.8 Å². The summed E-state index contributed by atoms with van der Waals surface area (Å²) in [5, 5.41) is 0.667. The van der Waals surface area contributed by atoms with Gasteiger partial charge in [-0.15, -0.1) is 11.3 Å². The molecular formula is C18H16O4S. The second-order valence-corrected chi connectivity index (χ2v) is 6.75. The van der Waals surface area contributed by atoms with Crippen molar-refractivity contribution in [3.8, 4) is 22.3 Å². The van der Waals surface area contributed by atoms with E-state index in [2.05, 4.69) is 0 Å². The Bertz CT molecular complexity index is 832. The first-order valence-electron chi connectivity index (χ1n) is 7.57. The minimum atomic E-state index is 0.0915. The Balaban J connectivity index is 1.72. The third kappa shape index (κ3) is 2.32. The Hall–Kier alpha value is -2.27. The van der Waals surface area contributed by atoms with Crippen LogP contribution in [0.25, 0.3) is 0 Å². The molecule has 5 heteroatoms. The van der Waals surface area contributed by atoms with Gasteiger partial charge < -0.3 is 14.2 Å². The van der Waals surface area contributed by atoms with E-state index < -0.39 is 0 Å². The molecule has 1 aromatic heterocycles. The normalized spacial score (nSPS) is 17.5. The van der Waals surface area contributed by atoms with Gasteiger partial charge in [-0.3, -0.25) is 4.79 Å². The van der Waals surface area contributed by atoms with Crippen LogP contribution in [0.3, 0.4) is 0 Å². The highest BCUT2D eigenvalue weighted by atomic mass is 32.1. The highest BCUT2D eigenvalue weighted by Gasteiger charge is 2.29. The standard InChI is InChI=1S/C18H16O4S/c1-3-11-4-6-13-10(2)23-18(16(13)17(11)19)22-12-5-7-14-15(8-12)21-9-20-14/h3,5,7-8H,4,6,9H2,1-2H3/b11-3+. The van der Waals surface area contributed by atoms with Crippen molar-refractivity contribution in [2.24, 2.45) is 0 Å². The summed E-state index contributed by atoms with van der Waals surface area (Å²) in [5.74, 6) is 2.13. The molecular weight excluding hydrogens is 312 g/mol. The van der Waals surface area contributed by atoms with Gasteiger partial charge in [0.15, 0.2) is 22.3 Å². The van der Waals surface area contributed by atoms with Gasteiger partial charge in [0, 0.05) is 10.9 Å². The zero-order chi connectivity index (χ0) is 16.0. The molecule has 2 aliphatic rings. The lowest BCUT2D eigenvalue weighted by Gasteiger charge is -2.15. The largest absolute Gasteiger partial charge is 0.454 e. The van der Waals surface area contributed by atoms with E-state index in [4.69, 9.17) is 14.2 Å². The number of aryl methyl sites for hydroxylation is 1. The molecule has 0 saturated heterocycles. The van der Waals surface area contributed by atoms with Crippen LogP contribution >= 0.6 is 11.3 Å². The van der Waals surface area contributed by atoms with Gasteiger partial charge in [-0.05, 0) is 50.0 Å². The van der Waals surface area contributed by atoms with E-state index in [-0.39, 0.29) is 12.6 Å². The predicted molar refractivity (Wildman–Crippen MR) is 88.1 cm³/mol. The zero-order valence-electron chi connectivity index (χ0n) is 13.0. The highest BCUT2D eigenvalue weighted by Crippen LogP contribution is 2.44. The van der Waals surface area contributed by atoms with E-state index in [9.17, 15) is 4.79 Å². The number of ether oxygens (including phenoxy) is 3. The van der Waals surface area contributed by atoms with Gasteiger partial charge in [0.2, 0.25) is 6.79 Å². The second-order valence-electron chi connectivity index (χ2n) is 5.56. The monoisotopic (exact) mass is 328 g/mol. The molecule has 4 nitrogen and oxygen atoms in total. The number of thiophene rings is 1. The molecule has 4 rings (SSSR count). The van der Waals surface area contributed by atoms with Crippen molar-refractivity contribution in [1.29, 1.82) is 0 Å². The quantitative estimate of drug-likeness (QED) is 0.753. The number of allylic oxidation sites excluding steroid dienone is 2. The lowest BCUT2D eigenvalue weighted by molar-refractivity contribution is 0.102. The van der Waals surface area contributed by atoms with Crippen LogP contribution in [0, 0.1) is 6.92 Å². The average Bonchev–Trinajstić information content (AvgIpc) is 3.13. The predicted octanol–water partition coefficient (Wildman–Crippen LogP) is 4.65. The van der Waals surface area contributed by atoms with E-state index in [1.54, 1.807) is 6.07 Å². The molecule has 0 unspecified atom stereocenters. The number of hydrogen-bond acceptors (Lipinski definition) is 5. The van der Waals surface area contributed by atoms with Gasteiger partial charge in [-0.25, -0.2) is 0 Å². The third-order valence-corrected chi connectivity index (χ3v) is 5.27. The second kappa shape index (κ2) is 5.42. The smallest absolute Gasteiger partial charge is 0.231 e. The van der Waals surface area contributed by atoms with E-state index in [0.717, 1.165) is 34.4 Å². The Labute approximate surface area is 138 Å². The van der Waals surface area contributed by atoms with Crippen LogP contribution in [0.4, 0.5) is 0 Å². The Morgan fingerprint density at radius 3 is 2.87 bits per heavy atom. The fourth-order valence-electron chi connectivity index (χ4n) is 3.01. The number of rotatable bonds is 2. The highest BCUT2D eigenvalue weighted by molar-refractivity contribution is 7.14. The van der Waals surface area contributed by atoms with Crippen LogP contribution in [0.1, 0.15) is 34.1 Å². The Kier molecular flexibility index (Phi) is 3.38. The van der Waals surface area contributed by atoms with Gasteiger partial charge in [0.25, 0.3) is 0 Å². The van der Waals surface area contributed by atoms with Crippen molar-refractivity contribution in [3.63, 3.8) is 0 Å². The molecule has 0 bridgehead atoms. The van der Waals surface area contributed by atoms with Crippen LogP contribution in [-0.2, 0) is 6.42 Å². The van der Waals surface area contributed by atoms with Crippen LogP contribution in [-0.4, -0.2) is 12.6 Å². The number of hydrogen-bond donors (Lipinski definition) is 0. The molecule has 118 valence electrons. The van der Waals surface area contributed by atoms with Crippen molar-refractivity contribution >= 4 is 17.1 Å². The first kappa shape index (κ1) is 14.3. The summed E-state index contributed by atoms with van der Waals surface area (Å²) in [7, 11) is 0. The third-order valence-electron chi connectivity index (χ3n) is 4.24. The number of ketones is 1. The SMILES string of the molecule is C/C=C1\CCc2c(C)sc(Oc3ccc4c(c3)OCO4)c2C1=O. The van der Waals surface area contributed by atoms with Crippen LogP contribution < -0.4 is 14.2 Å². The minimum absolute atomic E-state index is 0.0915. The van der Waals surface area contributed by atoms with Gasteiger partial charge >= 0.3 is 0 Å². The molecule has 0 N–H and O–H groups in total. The van der Waals surface area contributed by atoms with Crippen molar-refractivity contribution in [2.75, 3.05) is 6.79 Å². The zero-order valence-corrected chi connectivity index (χ0v) is 13.8. The summed E-state index contributed by atoms with van der Waals surface area (Å²) in [6.45, 7) is 4.19. The maximum absolute atomic E-state index is 12.7. The number of Topliss-reactive ketones (excluding diaryl/α,β-unsaturated/α-hetero) is 1. The van der Waals surface area contributed by atoms with Crippen LogP contribution in [0.2, 0.25) is 0 Å². The molecule has 0 saturated carbocycles. The maximum atomic E-state index is 12.7. The van der Waals surface area contributed by atoms with Gasteiger partial charge in [-0.1, -0.05) is 6.08 Å². The molecule has 0 fully saturated rings. The van der Waals surface area contributed by atoms with E-state index >= 15 is 0 Å². The molecule has 1 aliphatic heterocycles. The molecule has 0 amide bonds. The first-order chi connectivity index (χ1) is 11.2. The van der Waals surface area contributed by atoms with Crippen molar-refractivity contribution in [3.05, 3.63) is 45.9 Å². The van der Waals surface area contributed by atoms with Gasteiger partial charge in [-0.2, -0.15) is 0 Å². The molecule has 2 heterocycles. The molecule has 2 aromatic rings. The summed E-state index contributed by atoms with van der Waals surface area (Å²) >= 11 is 1.53. The van der Waals surface area contributed by atoms with Crippen molar-refractivity contribution in [2.45, 2.75) is 26.7 Å². The fourth-order valence-corrected chi connectivity index (χ4v) is 4.07. The molecule has 23 heavy (non-hydrogen) atoms. The van der Waals surface area contributed by atoms with Gasteiger partial charge in [0.05, 0.1) is 5.56 Å². The number of carbonyl (C=O) groups is 1. The van der Waals surface area contributed by atoms with E-state index in [1.165, 1.54) is 11.3 Å². The van der Waals surface area contributed by atoms with E-state index in [0.29, 0.717) is 22.3 Å². The van der Waals surface area contributed by atoms with Crippen molar-refractivity contribution in [1.82, 2.24) is 0 Å². The van der Waals surface area contributed by atoms with Crippen LogP contribution in [0.5, 0.6) is 22.3 Å². The molecule has 0 atom stereocenters. The van der Waals surface area contributed by atoms with Crippen molar-refractivity contribution < 1.29 is 19.0 Å². The maximum Gasteiger partial charge on any atom is 0.231 e. The number of fused-ring (bicyclic) bond motifs is 2. The topological polar surface area (TPSA) is 44.8 Å². The minimum Gasteiger partial charge on any atom is -0.454 e. The summed E-state index contributed by atoms with van der Waals surface area (Å²) in [6.07, 6.45) is 3.61. The Morgan fingerprint density at radius 1 is 1.22 bits per heavy atom. The summed E-state index contributed by atoms with van der Waals surface area (Å²) < 4.78 is 16.7. The van der Waals surface area contributed by atoms with E-state index in [1.807, 2.05) is 32.1 Å².